The van der Waals surface area contributed by atoms with Crippen LogP contribution in [0, 0.1) is 0 Å². The summed E-state index contributed by atoms with van der Waals surface area (Å²) in [5.74, 6) is 0. The number of anilines is 1. The van der Waals surface area contributed by atoms with Crippen LogP contribution in [-0.4, -0.2) is 11.5 Å². The van der Waals surface area contributed by atoms with Gasteiger partial charge >= 0.3 is 0 Å². The van der Waals surface area contributed by atoms with Gasteiger partial charge in [-0.1, -0.05) is 12.8 Å². The minimum absolute atomic E-state index is 0.00877. The average molecular weight is 205 g/mol. The van der Waals surface area contributed by atoms with E-state index < -0.39 is 0 Å². The topological polar surface area (TPSA) is 50.9 Å². The molecule has 0 bridgehead atoms. The lowest BCUT2D eigenvalue weighted by molar-refractivity contribution is 0.360. The predicted molar refractivity (Wildman–Crippen MR) is 62.5 cm³/mol. The van der Waals surface area contributed by atoms with Crippen LogP contribution >= 0.6 is 0 Å². The lowest BCUT2D eigenvalue weighted by Crippen LogP contribution is -2.39. The Labute approximate surface area is 91.1 Å². The van der Waals surface area contributed by atoms with Gasteiger partial charge in [-0.25, -0.2) is 0 Å². The Morgan fingerprint density at radius 1 is 1.40 bits per heavy atom. The number of nitrogen functional groups attached to an aromatic ring is 1. The maximum absolute atomic E-state index is 6.01. The van der Waals surface area contributed by atoms with E-state index >= 15 is 0 Å². The Kier molecular flexibility index (Phi) is 2.91. The van der Waals surface area contributed by atoms with Crippen LogP contribution in [-0.2, 0) is 5.54 Å². The molecule has 0 radical (unpaired) electrons. The van der Waals surface area contributed by atoms with Crippen molar-refractivity contribution in [3.05, 3.63) is 24.0 Å². The van der Waals surface area contributed by atoms with Gasteiger partial charge in [0.1, 0.15) is 0 Å². The minimum atomic E-state index is 0.00877. The number of nitrogens with two attached hydrogens (primary N) is 1. The number of hydrogen-bond acceptors (Lipinski definition) is 3. The van der Waals surface area contributed by atoms with Crippen LogP contribution in [0.3, 0.4) is 0 Å². The highest BCUT2D eigenvalue weighted by Crippen LogP contribution is 2.32. The third-order valence-corrected chi connectivity index (χ3v) is 3.32. The first kappa shape index (κ1) is 10.4. The molecule has 0 aromatic carbocycles. The van der Waals surface area contributed by atoms with E-state index in [1.807, 2.05) is 12.3 Å². The molecule has 1 saturated heterocycles. The van der Waals surface area contributed by atoms with E-state index in [4.69, 9.17) is 5.73 Å². The van der Waals surface area contributed by atoms with Gasteiger partial charge in [0.25, 0.3) is 0 Å². The quantitative estimate of drug-likeness (QED) is 0.737. The summed E-state index contributed by atoms with van der Waals surface area (Å²) in [6.07, 6.45) is 8.62. The number of rotatable bonds is 1. The van der Waals surface area contributed by atoms with Crippen LogP contribution in [0.15, 0.2) is 18.5 Å². The first-order valence-corrected chi connectivity index (χ1v) is 5.67. The molecule has 2 heterocycles. The van der Waals surface area contributed by atoms with Crippen LogP contribution in [0.4, 0.5) is 5.69 Å². The van der Waals surface area contributed by atoms with Crippen molar-refractivity contribution in [3.8, 4) is 0 Å². The molecule has 3 heteroatoms. The summed E-state index contributed by atoms with van der Waals surface area (Å²) in [5.41, 5.74) is 8.01. The highest BCUT2D eigenvalue weighted by molar-refractivity contribution is 5.48. The van der Waals surface area contributed by atoms with Crippen molar-refractivity contribution in [2.45, 2.75) is 38.1 Å². The summed E-state index contributed by atoms with van der Waals surface area (Å²) in [5, 5.41) is 3.60. The van der Waals surface area contributed by atoms with Crippen LogP contribution in [0.5, 0.6) is 0 Å². The Hall–Kier alpha value is -1.09. The van der Waals surface area contributed by atoms with E-state index in [0.29, 0.717) is 0 Å². The van der Waals surface area contributed by atoms with Crippen molar-refractivity contribution in [2.75, 3.05) is 12.3 Å². The third-order valence-electron chi connectivity index (χ3n) is 3.32. The fraction of sp³-hybridized carbons (Fsp3) is 0.583. The Bertz CT molecular complexity index is 327. The molecule has 0 spiro atoms. The van der Waals surface area contributed by atoms with E-state index in [1.54, 1.807) is 6.20 Å². The Morgan fingerprint density at radius 2 is 2.27 bits per heavy atom. The second-order valence-corrected chi connectivity index (χ2v) is 4.53. The van der Waals surface area contributed by atoms with E-state index in [9.17, 15) is 0 Å². The molecule has 0 saturated carbocycles. The van der Waals surface area contributed by atoms with Gasteiger partial charge in [-0.15, -0.1) is 0 Å². The number of hydrogen-bond donors (Lipinski definition) is 2. The van der Waals surface area contributed by atoms with Gasteiger partial charge in [-0.05, 0) is 32.4 Å². The second-order valence-electron chi connectivity index (χ2n) is 4.53. The molecule has 0 amide bonds. The minimum Gasteiger partial charge on any atom is -0.398 e. The van der Waals surface area contributed by atoms with Crippen molar-refractivity contribution >= 4 is 5.69 Å². The number of nitrogens with zero attached hydrogens (tertiary/aromatic N) is 1. The molecule has 15 heavy (non-hydrogen) atoms. The maximum atomic E-state index is 6.01. The van der Waals surface area contributed by atoms with Gasteiger partial charge in [-0.2, -0.15) is 0 Å². The number of aromatic nitrogens is 1. The SMILES string of the molecule is CC1(c2cnccc2N)CCCCCN1. The zero-order chi connectivity index (χ0) is 10.7. The van der Waals surface area contributed by atoms with E-state index in [2.05, 4.69) is 17.2 Å². The Morgan fingerprint density at radius 3 is 3.07 bits per heavy atom. The van der Waals surface area contributed by atoms with Crippen molar-refractivity contribution < 1.29 is 0 Å². The molecule has 2 rings (SSSR count). The maximum Gasteiger partial charge on any atom is 0.0441 e. The summed E-state index contributed by atoms with van der Waals surface area (Å²) in [6, 6.07) is 1.88. The summed E-state index contributed by atoms with van der Waals surface area (Å²) < 4.78 is 0. The molecule has 3 N–H and O–H groups in total. The van der Waals surface area contributed by atoms with Crippen LogP contribution < -0.4 is 11.1 Å². The zero-order valence-electron chi connectivity index (χ0n) is 9.29. The number of pyridine rings is 1. The van der Waals surface area contributed by atoms with Crippen LogP contribution in [0.2, 0.25) is 0 Å². The van der Waals surface area contributed by atoms with E-state index in [1.165, 1.54) is 19.3 Å². The molecule has 1 atom stereocenters. The molecule has 0 aliphatic carbocycles. The normalized spacial score (nSPS) is 27.3. The smallest absolute Gasteiger partial charge is 0.0441 e. The van der Waals surface area contributed by atoms with E-state index in [0.717, 1.165) is 24.2 Å². The summed E-state index contributed by atoms with van der Waals surface area (Å²) >= 11 is 0. The first-order chi connectivity index (χ1) is 7.22. The fourth-order valence-electron chi connectivity index (χ4n) is 2.33. The van der Waals surface area contributed by atoms with Crippen molar-refractivity contribution in [1.29, 1.82) is 0 Å². The van der Waals surface area contributed by atoms with Gasteiger partial charge < -0.3 is 11.1 Å². The molecular formula is C12H19N3. The number of nitrogens with one attached hydrogen (secondary N) is 1. The largest absolute Gasteiger partial charge is 0.398 e. The molecule has 1 aromatic heterocycles. The third kappa shape index (κ3) is 2.12. The summed E-state index contributed by atoms with van der Waals surface area (Å²) in [6.45, 7) is 3.30. The van der Waals surface area contributed by atoms with Crippen molar-refractivity contribution in [1.82, 2.24) is 10.3 Å². The second kappa shape index (κ2) is 4.19. The molecule has 1 aliphatic heterocycles. The van der Waals surface area contributed by atoms with Gasteiger partial charge in [-0.3, -0.25) is 4.98 Å². The lowest BCUT2D eigenvalue weighted by Gasteiger charge is -2.30. The van der Waals surface area contributed by atoms with Crippen molar-refractivity contribution in [2.24, 2.45) is 0 Å². The fourth-order valence-corrected chi connectivity index (χ4v) is 2.33. The van der Waals surface area contributed by atoms with Crippen molar-refractivity contribution in [3.63, 3.8) is 0 Å². The zero-order valence-corrected chi connectivity index (χ0v) is 9.29. The average Bonchev–Trinajstić information content (AvgIpc) is 2.44. The first-order valence-electron chi connectivity index (χ1n) is 5.67. The standard InChI is InChI=1S/C12H19N3/c1-12(6-3-2-4-7-15-12)10-9-14-8-5-11(10)13/h5,8-9,15H,2-4,6-7H2,1H3,(H2,13,14). The van der Waals surface area contributed by atoms with Gasteiger partial charge in [0.05, 0.1) is 0 Å². The van der Waals surface area contributed by atoms with Gasteiger partial charge in [0.2, 0.25) is 0 Å². The highest BCUT2D eigenvalue weighted by atomic mass is 15.0. The summed E-state index contributed by atoms with van der Waals surface area (Å²) in [4.78, 5) is 4.18. The Balaban J connectivity index is 2.30. The molecule has 82 valence electrons. The predicted octanol–water partition coefficient (Wildman–Crippen LogP) is 2.04. The van der Waals surface area contributed by atoms with E-state index in [-0.39, 0.29) is 5.54 Å². The lowest BCUT2D eigenvalue weighted by atomic mass is 9.88. The van der Waals surface area contributed by atoms with Crippen LogP contribution in [0.1, 0.15) is 38.2 Å². The molecule has 3 nitrogen and oxygen atoms in total. The molecule has 1 aromatic rings. The summed E-state index contributed by atoms with van der Waals surface area (Å²) in [7, 11) is 0. The van der Waals surface area contributed by atoms with Crippen LogP contribution in [0.25, 0.3) is 0 Å². The monoisotopic (exact) mass is 205 g/mol. The molecule has 1 unspecified atom stereocenters. The van der Waals surface area contributed by atoms with Gasteiger partial charge in [0, 0.05) is 29.2 Å². The molecule has 1 aliphatic rings. The molecule has 1 fully saturated rings. The molecular weight excluding hydrogens is 186 g/mol. The van der Waals surface area contributed by atoms with Gasteiger partial charge in [0.15, 0.2) is 0 Å². The highest BCUT2D eigenvalue weighted by Gasteiger charge is 2.28.